The number of aromatic amines is 1. The first kappa shape index (κ1) is 14.3. The monoisotopic (exact) mass is 280 g/mol. The first-order valence-electron chi connectivity index (χ1n) is 5.99. The lowest BCUT2D eigenvalue weighted by Gasteiger charge is -2.10. The molecular formula is C12H16N4O4. The number of imidazole rings is 1. The summed E-state index contributed by atoms with van der Waals surface area (Å²) < 4.78 is 1.56. The highest BCUT2D eigenvalue weighted by atomic mass is 16.3. The lowest BCUT2D eigenvalue weighted by Crippen LogP contribution is -2.18. The lowest BCUT2D eigenvalue weighted by molar-refractivity contribution is 0.111. The number of anilines is 1. The SMILES string of the molecule is Nc1cc2ncn(C/C=C(/CO)C(O)CO)c2c(=O)[nH]1. The third-order valence-corrected chi connectivity index (χ3v) is 2.96. The maximum absolute atomic E-state index is 11.8. The number of nitrogen functional groups attached to an aromatic ring is 1. The molecule has 0 aliphatic carbocycles. The van der Waals surface area contributed by atoms with Crippen molar-refractivity contribution in [3.8, 4) is 0 Å². The summed E-state index contributed by atoms with van der Waals surface area (Å²) >= 11 is 0. The summed E-state index contributed by atoms with van der Waals surface area (Å²) in [6.07, 6.45) is 1.89. The molecule has 0 aliphatic heterocycles. The number of rotatable bonds is 5. The number of hydrogen-bond donors (Lipinski definition) is 5. The van der Waals surface area contributed by atoms with Crippen LogP contribution in [-0.2, 0) is 6.54 Å². The fourth-order valence-electron chi connectivity index (χ4n) is 1.90. The maximum Gasteiger partial charge on any atom is 0.275 e. The van der Waals surface area contributed by atoms with Crippen molar-refractivity contribution in [2.75, 3.05) is 18.9 Å². The van der Waals surface area contributed by atoms with Gasteiger partial charge in [-0.2, -0.15) is 0 Å². The molecule has 0 saturated carbocycles. The van der Waals surface area contributed by atoms with Gasteiger partial charge >= 0.3 is 0 Å². The molecule has 2 aromatic rings. The summed E-state index contributed by atoms with van der Waals surface area (Å²) in [5.41, 5.74) is 6.26. The molecular weight excluding hydrogens is 264 g/mol. The van der Waals surface area contributed by atoms with E-state index >= 15 is 0 Å². The zero-order valence-electron chi connectivity index (χ0n) is 10.7. The summed E-state index contributed by atoms with van der Waals surface area (Å²) in [6.45, 7) is -0.623. The van der Waals surface area contributed by atoms with Crippen LogP contribution in [-0.4, -0.2) is 49.2 Å². The molecule has 0 spiro atoms. The Morgan fingerprint density at radius 1 is 1.55 bits per heavy atom. The summed E-state index contributed by atoms with van der Waals surface area (Å²) in [7, 11) is 0. The molecule has 0 aliphatic rings. The lowest BCUT2D eigenvalue weighted by atomic mass is 10.1. The Labute approximate surface area is 113 Å². The molecule has 2 aromatic heterocycles. The Morgan fingerprint density at radius 2 is 2.30 bits per heavy atom. The van der Waals surface area contributed by atoms with Crippen LogP contribution in [0.4, 0.5) is 5.82 Å². The maximum atomic E-state index is 11.8. The van der Waals surface area contributed by atoms with Gasteiger partial charge in [0.1, 0.15) is 17.4 Å². The fraction of sp³-hybridized carbons (Fsp3) is 0.333. The van der Waals surface area contributed by atoms with Crippen LogP contribution in [0.1, 0.15) is 0 Å². The van der Waals surface area contributed by atoms with Gasteiger partial charge in [0.15, 0.2) is 0 Å². The van der Waals surface area contributed by atoms with Gasteiger partial charge in [-0.25, -0.2) is 4.98 Å². The number of fused-ring (bicyclic) bond motifs is 1. The number of allylic oxidation sites excluding steroid dienone is 1. The zero-order chi connectivity index (χ0) is 14.7. The van der Waals surface area contributed by atoms with Gasteiger partial charge in [-0.15, -0.1) is 0 Å². The minimum atomic E-state index is -1.12. The van der Waals surface area contributed by atoms with E-state index in [4.69, 9.17) is 15.9 Å². The third-order valence-electron chi connectivity index (χ3n) is 2.96. The molecule has 0 amide bonds. The Bertz CT molecular complexity index is 688. The summed E-state index contributed by atoms with van der Waals surface area (Å²) in [4.78, 5) is 18.4. The van der Waals surface area contributed by atoms with E-state index in [2.05, 4.69) is 9.97 Å². The van der Waals surface area contributed by atoms with Gasteiger partial charge in [0.2, 0.25) is 0 Å². The molecule has 0 bridgehead atoms. The van der Waals surface area contributed by atoms with Crippen LogP contribution < -0.4 is 11.3 Å². The van der Waals surface area contributed by atoms with Crippen molar-refractivity contribution in [3.05, 3.63) is 34.4 Å². The van der Waals surface area contributed by atoms with Crippen molar-refractivity contribution in [3.63, 3.8) is 0 Å². The number of H-pyrrole nitrogens is 1. The number of aromatic nitrogens is 3. The molecule has 1 unspecified atom stereocenters. The predicted octanol–water partition coefficient (Wildman–Crippen LogP) is -1.42. The number of aliphatic hydroxyl groups excluding tert-OH is 3. The number of nitrogens with one attached hydrogen (secondary N) is 1. The van der Waals surface area contributed by atoms with Crippen LogP contribution in [0.25, 0.3) is 11.0 Å². The van der Waals surface area contributed by atoms with Gasteiger partial charge in [-0.05, 0) is 5.57 Å². The van der Waals surface area contributed by atoms with Crippen LogP contribution in [0.3, 0.4) is 0 Å². The Balaban J connectivity index is 2.35. The molecule has 108 valence electrons. The number of pyridine rings is 1. The van der Waals surface area contributed by atoms with E-state index < -0.39 is 12.7 Å². The summed E-state index contributed by atoms with van der Waals surface area (Å²) in [6, 6.07) is 1.55. The van der Waals surface area contributed by atoms with Gasteiger partial charge in [0.25, 0.3) is 5.56 Å². The molecule has 8 heteroatoms. The van der Waals surface area contributed by atoms with Gasteiger partial charge < -0.3 is 30.6 Å². The quantitative estimate of drug-likeness (QED) is 0.426. The van der Waals surface area contributed by atoms with Crippen LogP contribution >= 0.6 is 0 Å². The zero-order valence-corrected chi connectivity index (χ0v) is 10.7. The second-order valence-corrected chi connectivity index (χ2v) is 4.32. The largest absolute Gasteiger partial charge is 0.393 e. The fourth-order valence-corrected chi connectivity index (χ4v) is 1.90. The number of nitrogens with two attached hydrogens (primary N) is 1. The first-order valence-corrected chi connectivity index (χ1v) is 5.99. The highest BCUT2D eigenvalue weighted by molar-refractivity contribution is 5.76. The highest BCUT2D eigenvalue weighted by Crippen LogP contribution is 2.11. The summed E-state index contributed by atoms with van der Waals surface area (Å²) in [5, 5.41) is 27.4. The van der Waals surface area contributed by atoms with E-state index in [1.54, 1.807) is 10.6 Å². The molecule has 0 radical (unpaired) electrons. The first-order chi connectivity index (χ1) is 9.56. The Morgan fingerprint density at radius 3 is 2.95 bits per heavy atom. The van der Waals surface area contributed by atoms with Crippen LogP contribution in [0.15, 0.2) is 28.8 Å². The van der Waals surface area contributed by atoms with E-state index in [0.29, 0.717) is 11.0 Å². The van der Waals surface area contributed by atoms with E-state index in [1.807, 2.05) is 0 Å². The van der Waals surface area contributed by atoms with E-state index in [9.17, 15) is 9.90 Å². The molecule has 0 aromatic carbocycles. The molecule has 8 nitrogen and oxygen atoms in total. The van der Waals surface area contributed by atoms with Gasteiger partial charge in [0, 0.05) is 12.6 Å². The normalized spacial score (nSPS) is 13.8. The summed E-state index contributed by atoms with van der Waals surface area (Å²) in [5.74, 6) is 0.232. The molecule has 1 atom stereocenters. The topological polar surface area (TPSA) is 137 Å². The minimum absolute atomic E-state index is 0.232. The molecule has 0 fully saturated rings. The predicted molar refractivity (Wildman–Crippen MR) is 73.0 cm³/mol. The number of nitrogens with zero attached hydrogens (tertiary/aromatic N) is 2. The van der Waals surface area contributed by atoms with Gasteiger partial charge in [-0.3, -0.25) is 4.79 Å². The molecule has 6 N–H and O–H groups in total. The average Bonchev–Trinajstić information content (AvgIpc) is 2.82. The van der Waals surface area contributed by atoms with E-state index in [1.165, 1.54) is 12.4 Å². The molecule has 0 saturated heterocycles. The molecule has 2 rings (SSSR count). The van der Waals surface area contributed by atoms with Crippen LogP contribution in [0, 0.1) is 0 Å². The second kappa shape index (κ2) is 5.87. The highest BCUT2D eigenvalue weighted by Gasteiger charge is 2.10. The Kier molecular flexibility index (Phi) is 4.18. The number of hydrogen-bond acceptors (Lipinski definition) is 6. The second-order valence-electron chi connectivity index (χ2n) is 4.32. The minimum Gasteiger partial charge on any atom is -0.393 e. The standard InChI is InChI=1S/C12H16N4O4/c13-10-3-8-11(12(20)15-10)16(6-14-8)2-1-7(4-17)9(19)5-18/h1,3,6,9,17-19H,2,4-5H2,(H3,13,15,20)/b7-1-. The van der Waals surface area contributed by atoms with Crippen molar-refractivity contribution in [1.29, 1.82) is 0 Å². The van der Waals surface area contributed by atoms with Gasteiger partial charge in [0.05, 0.1) is 25.1 Å². The van der Waals surface area contributed by atoms with E-state index in [-0.39, 0.29) is 30.1 Å². The number of aliphatic hydroxyl groups is 3. The van der Waals surface area contributed by atoms with Crippen molar-refractivity contribution < 1.29 is 15.3 Å². The van der Waals surface area contributed by atoms with Gasteiger partial charge in [-0.1, -0.05) is 6.08 Å². The average molecular weight is 280 g/mol. The van der Waals surface area contributed by atoms with Crippen LogP contribution in [0.5, 0.6) is 0 Å². The van der Waals surface area contributed by atoms with Crippen molar-refractivity contribution >= 4 is 16.9 Å². The van der Waals surface area contributed by atoms with Crippen molar-refractivity contribution in [2.45, 2.75) is 12.6 Å². The van der Waals surface area contributed by atoms with E-state index in [0.717, 1.165) is 0 Å². The van der Waals surface area contributed by atoms with Crippen LogP contribution in [0.2, 0.25) is 0 Å². The van der Waals surface area contributed by atoms with Crippen molar-refractivity contribution in [1.82, 2.24) is 14.5 Å². The molecule has 20 heavy (non-hydrogen) atoms. The molecule has 2 heterocycles. The van der Waals surface area contributed by atoms with Crippen molar-refractivity contribution in [2.24, 2.45) is 0 Å². The third kappa shape index (κ3) is 2.72. The smallest absolute Gasteiger partial charge is 0.275 e. The Hall–Kier alpha value is -2.16.